The monoisotopic (exact) mass is 195 g/mol. The molecule has 2 aromatic heterocycles. The van der Waals surface area contributed by atoms with Crippen molar-refractivity contribution in [3.8, 4) is 11.4 Å². The maximum absolute atomic E-state index is 5.23. The van der Waals surface area contributed by atoms with Crippen LogP contribution < -0.4 is 4.90 Å². The van der Waals surface area contributed by atoms with Gasteiger partial charge in [-0.15, -0.1) is 11.3 Å². The number of oxazole rings is 1. The summed E-state index contributed by atoms with van der Waals surface area (Å²) in [6.45, 7) is 0. The molecule has 5 heteroatoms. The van der Waals surface area contributed by atoms with Gasteiger partial charge in [0.15, 0.2) is 0 Å². The number of nitrogens with zero attached hydrogens (tertiary/aromatic N) is 3. The normalized spacial score (nSPS) is 10.3. The third-order valence-electron chi connectivity index (χ3n) is 1.57. The summed E-state index contributed by atoms with van der Waals surface area (Å²) in [4.78, 5) is 10.2. The van der Waals surface area contributed by atoms with Gasteiger partial charge in [0.1, 0.15) is 17.7 Å². The van der Waals surface area contributed by atoms with E-state index in [1.807, 2.05) is 24.4 Å². The average molecular weight is 195 g/mol. The minimum atomic E-state index is 0.600. The van der Waals surface area contributed by atoms with Gasteiger partial charge in [-0.1, -0.05) is 0 Å². The quantitative estimate of drug-likeness (QED) is 0.733. The summed E-state index contributed by atoms with van der Waals surface area (Å²) in [5, 5.41) is 1.94. The van der Waals surface area contributed by atoms with Crippen LogP contribution in [0.15, 0.2) is 21.6 Å². The zero-order chi connectivity index (χ0) is 9.26. The molecule has 0 unspecified atom stereocenters. The first kappa shape index (κ1) is 8.25. The third-order valence-corrected chi connectivity index (χ3v) is 2.16. The second kappa shape index (κ2) is 3.18. The van der Waals surface area contributed by atoms with Crippen LogP contribution in [-0.2, 0) is 0 Å². The Morgan fingerprint density at radius 3 is 2.77 bits per heavy atom. The van der Waals surface area contributed by atoms with Crippen molar-refractivity contribution in [3.05, 3.63) is 17.2 Å². The Morgan fingerprint density at radius 1 is 1.38 bits per heavy atom. The molecule has 0 bridgehead atoms. The summed E-state index contributed by atoms with van der Waals surface area (Å²) >= 11 is 1.55. The summed E-state index contributed by atoms with van der Waals surface area (Å²) < 4.78 is 5.23. The average Bonchev–Trinajstić information content (AvgIpc) is 2.75. The zero-order valence-corrected chi connectivity index (χ0v) is 8.21. The van der Waals surface area contributed by atoms with Gasteiger partial charge in [-0.05, 0) is 0 Å². The summed E-state index contributed by atoms with van der Waals surface area (Å²) in [5.74, 6) is 0. The van der Waals surface area contributed by atoms with Crippen LogP contribution in [0.25, 0.3) is 11.4 Å². The highest BCUT2D eigenvalue weighted by Gasteiger charge is 2.08. The molecule has 0 atom stereocenters. The molecule has 0 aliphatic heterocycles. The van der Waals surface area contributed by atoms with Gasteiger partial charge in [-0.3, -0.25) is 0 Å². The van der Waals surface area contributed by atoms with Gasteiger partial charge in [0.25, 0.3) is 6.01 Å². The van der Waals surface area contributed by atoms with Gasteiger partial charge in [0.05, 0.1) is 5.51 Å². The van der Waals surface area contributed by atoms with E-state index in [4.69, 9.17) is 4.42 Å². The lowest BCUT2D eigenvalue weighted by atomic mass is 10.4. The molecule has 0 aromatic carbocycles. The number of hydrogen-bond donors (Lipinski definition) is 0. The molecule has 0 radical (unpaired) electrons. The number of thiazole rings is 1. The largest absolute Gasteiger partial charge is 0.431 e. The van der Waals surface area contributed by atoms with E-state index in [0.717, 1.165) is 11.4 Å². The van der Waals surface area contributed by atoms with Crippen molar-refractivity contribution >= 4 is 17.4 Å². The summed E-state index contributed by atoms with van der Waals surface area (Å²) in [5.41, 5.74) is 3.42. The number of anilines is 1. The highest BCUT2D eigenvalue weighted by molar-refractivity contribution is 7.07. The maximum atomic E-state index is 5.23. The van der Waals surface area contributed by atoms with Crippen molar-refractivity contribution in [1.29, 1.82) is 0 Å². The van der Waals surface area contributed by atoms with Crippen LogP contribution in [0.1, 0.15) is 0 Å². The second-order valence-electron chi connectivity index (χ2n) is 2.78. The third kappa shape index (κ3) is 1.55. The van der Waals surface area contributed by atoms with Crippen LogP contribution in [0.2, 0.25) is 0 Å². The van der Waals surface area contributed by atoms with Crippen LogP contribution in [0, 0.1) is 0 Å². The lowest BCUT2D eigenvalue weighted by Gasteiger charge is -2.03. The molecule has 2 heterocycles. The van der Waals surface area contributed by atoms with E-state index in [2.05, 4.69) is 9.97 Å². The molecule has 0 aliphatic carbocycles. The van der Waals surface area contributed by atoms with Crippen molar-refractivity contribution in [2.75, 3.05) is 19.0 Å². The first-order valence-corrected chi connectivity index (χ1v) is 4.73. The predicted octanol–water partition coefficient (Wildman–Crippen LogP) is 1.86. The molecule has 0 amide bonds. The summed E-state index contributed by atoms with van der Waals surface area (Å²) in [6, 6.07) is 0.600. The molecule has 0 spiro atoms. The Labute approximate surface area is 79.9 Å². The van der Waals surface area contributed by atoms with Crippen molar-refractivity contribution < 1.29 is 4.42 Å². The molecular formula is C8H9N3OS. The molecule has 0 fully saturated rings. The number of aromatic nitrogens is 2. The molecule has 0 saturated carbocycles. The second-order valence-corrected chi connectivity index (χ2v) is 3.50. The molecule has 0 aliphatic rings. The van der Waals surface area contributed by atoms with Gasteiger partial charge >= 0.3 is 0 Å². The first-order chi connectivity index (χ1) is 6.27. The van der Waals surface area contributed by atoms with Gasteiger partial charge in [-0.25, -0.2) is 4.98 Å². The summed E-state index contributed by atoms with van der Waals surface area (Å²) in [7, 11) is 3.77. The van der Waals surface area contributed by atoms with Crippen LogP contribution in [0.5, 0.6) is 0 Å². The van der Waals surface area contributed by atoms with E-state index < -0.39 is 0 Å². The van der Waals surface area contributed by atoms with E-state index in [9.17, 15) is 0 Å². The zero-order valence-electron chi connectivity index (χ0n) is 7.39. The molecule has 2 aromatic rings. The molecule has 4 nitrogen and oxygen atoms in total. The highest BCUT2D eigenvalue weighted by atomic mass is 32.1. The minimum Gasteiger partial charge on any atom is -0.431 e. The fraction of sp³-hybridized carbons (Fsp3) is 0.250. The predicted molar refractivity (Wildman–Crippen MR) is 51.9 cm³/mol. The lowest BCUT2D eigenvalue weighted by Crippen LogP contribution is -2.08. The SMILES string of the molecule is CN(C)c1nc(-c2cscn2)co1. The van der Waals surface area contributed by atoms with Gasteiger partial charge in [0.2, 0.25) is 0 Å². The van der Waals surface area contributed by atoms with E-state index in [1.54, 1.807) is 23.1 Å². The van der Waals surface area contributed by atoms with Crippen molar-refractivity contribution in [3.63, 3.8) is 0 Å². The van der Waals surface area contributed by atoms with Crippen LogP contribution >= 0.6 is 11.3 Å². The first-order valence-electron chi connectivity index (χ1n) is 3.79. The molecular weight excluding hydrogens is 186 g/mol. The fourth-order valence-electron chi connectivity index (χ4n) is 0.926. The van der Waals surface area contributed by atoms with Crippen LogP contribution in [0.3, 0.4) is 0 Å². The Balaban J connectivity index is 2.33. The van der Waals surface area contributed by atoms with Crippen molar-refractivity contribution in [1.82, 2.24) is 9.97 Å². The van der Waals surface area contributed by atoms with Gasteiger partial charge < -0.3 is 9.32 Å². The molecule has 13 heavy (non-hydrogen) atoms. The Bertz CT molecular complexity index is 380. The minimum absolute atomic E-state index is 0.600. The van der Waals surface area contributed by atoms with E-state index in [-0.39, 0.29) is 0 Å². The maximum Gasteiger partial charge on any atom is 0.297 e. The van der Waals surface area contributed by atoms with Gasteiger partial charge in [0, 0.05) is 19.5 Å². The molecule has 2 rings (SSSR count). The number of rotatable bonds is 2. The fourth-order valence-corrected chi connectivity index (χ4v) is 1.47. The highest BCUT2D eigenvalue weighted by Crippen LogP contribution is 2.20. The van der Waals surface area contributed by atoms with Crippen molar-refractivity contribution in [2.24, 2.45) is 0 Å². The number of hydrogen-bond acceptors (Lipinski definition) is 5. The van der Waals surface area contributed by atoms with E-state index in [0.29, 0.717) is 6.01 Å². The molecule has 0 N–H and O–H groups in total. The molecule has 68 valence electrons. The Morgan fingerprint density at radius 2 is 2.23 bits per heavy atom. The van der Waals surface area contributed by atoms with E-state index >= 15 is 0 Å². The topological polar surface area (TPSA) is 42.2 Å². The lowest BCUT2D eigenvalue weighted by molar-refractivity contribution is 0.556. The van der Waals surface area contributed by atoms with E-state index in [1.165, 1.54) is 0 Å². The van der Waals surface area contributed by atoms with Crippen LogP contribution in [0.4, 0.5) is 6.01 Å². The van der Waals surface area contributed by atoms with Gasteiger partial charge in [-0.2, -0.15) is 4.98 Å². The standard InChI is InChI=1S/C8H9N3OS/c1-11(2)8-10-6(3-12-8)7-4-13-5-9-7/h3-5H,1-2H3. The van der Waals surface area contributed by atoms with Crippen molar-refractivity contribution in [2.45, 2.75) is 0 Å². The summed E-state index contributed by atoms with van der Waals surface area (Å²) in [6.07, 6.45) is 1.62. The smallest absolute Gasteiger partial charge is 0.297 e. The van der Waals surface area contributed by atoms with Crippen LogP contribution in [-0.4, -0.2) is 24.1 Å². The molecule has 0 saturated heterocycles. The Kier molecular flexibility index (Phi) is 2.02. The Hall–Kier alpha value is -1.36.